The number of aryl methyl sites for hydroxylation is 2. The highest BCUT2D eigenvalue weighted by molar-refractivity contribution is 7.71. The van der Waals surface area contributed by atoms with E-state index in [0.29, 0.717) is 29.4 Å². The smallest absolute Gasteiger partial charge is 0.290 e. The van der Waals surface area contributed by atoms with Crippen LogP contribution < -0.4 is 10.3 Å². The second-order valence-corrected chi connectivity index (χ2v) is 8.04. The van der Waals surface area contributed by atoms with Crippen LogP contribution >= 0.6 is 12.2 Å². The lowest BCUT2D eigenvalue weighted by Crippen LogP contribution is -2.23. The number of azo groups is 1. The summed E-state index contributed by atoms with van der Waals surface area (Å²) in [7, 11) is 0. The van der Waals surface area contributed by atoms with E-state index >= 15 is 0 Å². The fourth-order valence-electron chi connectivity index (χ4n) is 3.51. The molecule has 8 heteroatoms. The molecule has 0 aliphatic rings. The predicted octanol–water partition coefficient (Wildman–Crippen LogP) is 6.49. The van der Waals surface area contributed by atoms with Gasteiger partial charge in [-0.3, -0.25) is 13.9 Å². The highest BCUT2D eigenvalue weighted by Crippen LogP contribution is 2.30. The maximum absolute atomic E-state index is 13.5. The second kappa shape index (κ2) is 9.84. The van der Waals surface area contributed by atoms with E-state index in [-0.39, 0.29) is 16.3 Å². The molecule has 0 fully saturated rings. The summed E-state index contributed by atoms with van der Waals surface area (Å²) >= 11 is 5.68. The van der Waals surface area contributed by atoms with Crippen molar-refractivity contribution in [3.63, 3.8) is 0 Å². The highest BCUT2D eigenvalue weighted by Gasteiger charge is 2.20. The summed E-state index contributed by atoms with van der Waals surface area (Å²) in [6, 6.07) is 21.8. The molecule has 0 unspecified atom stereocenters. The Hall–Kier alpha value is -4.04. The zero-order valence-corrected chi connectivity index (χ0v) is 19.9. The number of benzene rings is 3. The third-order valence-electron chi connectivity index (χ3n) is 5.27. The van der Waals surface area contributed by atoms with Crippen LogP contribution in [-0.2, 0) is 0 Å². The Morgan fingerprint density at radius 1 is 0.912 bits per heavy atom. The largest absolute Gasteiger partial charge is 0.494 e. The molecule has 0 radical (unpaired) electrons. The van der Waals surface area contributed by atoms with Crippen molar-refractivity contribution in [3.8, 4) is 23.0 Å². The van der Waals surface area contributed by atoms with Gasteiger partial charge in [-0.25, -0.2) is 0 Å². The first-order valence-electron chi connectivity index (χ1n) is 10.8. The fraction of sp³-hybridized carbons (Fsp3) is 0.154. The topological polar surface area (TPSA) is 81.1 Å². The van der Waals surface area contributed by atoms with Gasteiger partial charge < -0.3 is 9.84 Å². The maximum Gasteiger partial charge on any atom is 0.290 e. The summed E-state index contributed by atoms with van der Waals surface area (Å²) in [6.07, 6.45) is 0. The van der Waals surface area contributed by atoms with Crippen LogP contribution in [0.1, 0.15) is 18.1 Å². The minimum atomic E-state index is -0.564. The Kier molecular flexibility index (Phi) is 6.70. The first-order chi connectivity index (χ1) is 16.4. The van der Waals surface area contributed by atoms with Crippen molar-refractivity contribution in [2.24, 2.45) is 10.2 Å². The quantitative estimate of drug-likeness (QED) is 0.257. The molecule has 0 spiro atoms. The number of aromatic hydroxyl groups is 1. The van der Waals surface area contributed by atoms with Gasteiger partial charge in [0.2, 0.25) is 11.6 Å². The van der Waals surface area contributed by atoms with Gasteiger partial charge in [0.25, 0.3) is 5.56 Å². The van der Waals surface area contributed by atoms with Gasteiger partial charge in [-0.05, 0) is 81.0 Å². The van der Waals surface area contributed by atoms with Crippen LogP contribution in [0.5, 0.6) is 11.6 Å². The number of hydrogen-bond acceptors (Lipinski definition) is 6. The standard InChI is InChI=1S/C26H24N4O3S/c1-4-33-21-15-11-19(12-16-21)27-28-23-24(31)29(20-13-9-17(2)10-14-20)26(34)30(25(23)32)22-8-6-5-7-18(22)3/h5-16,32H,4H2,1-3H3. The average Bonchev–Trinajstić information content (AvgIpc) is 2.82. The SMILES string of the molecule is CCOc1ccc(N=Nc2c(O)n(-c3ccccc3C)c(=S)n(-c3ccc(C)cc3)c2=O)cc1. The molecule has 34 heavy (non-hydrogen) atoms. The Balaban J connectivity index is 1.94. The van der Waals surface area contributed by atoms with Crippen LogP contribution in [-0.4, -0.2) is 20.8 Å². The molecule has 0 aliphatic heterocycles. The third kappa shape index (κ3) is 4.53. The van der Waals surface area contributed by atoms with E-state index in [1.165, 1.54) is 9.13 Å². The number of hydrogen-bond donors (Lipinski definition) is 1. The summed E-state index contributed by atoms with van der Waals surface area (Å²) in [5, 5.41) is 19.5. The summed E-state index contributed by atoms with van der Waals surface area (Å²) < 4.78 is 8.37. The van der Waals surface area contributed by atoms with E-state index in [9.17, 15) is 9.90 Å². The molecule has 4 rings (SSSR count). The lowest BCUT2D eigenvalue weighted by atomic mass is 10.2. The number of aromatic nitrogens is 2. The molecule has 1 aromatic heterocycles. The Morgan fingerprint density at radius 3 is 2.24 bits per heavy atom. The molecule has 1 N–H and O–H groups in total. The molecule has 0 aliphatic carbocycles. The van der Waals surface area contributed by atoms with Gasteiger partial charge in [0.15, 0.2) is 4.77 Å². The van der Waals surface area contributed by atoms with Gasteiger partial charge in [0, 0.05) is 0 Å². The van der Waals surface area contributed by atoms with Crippen LogP contribution in [0.4, 0.5) is 11.4 Å². The molecule has 4 aromatic rings. The van der Waals surface area contributed by atoms with E-state index in [2.05, 4.69) is 10.2 Å². The first kappa shape index (κ1) is 23.1. The van der Waals surface area contributed by atoms with Crippen molar-refractivity contribution in [3.05, 3.63) is 99.0 Å². The van der Waals surface area contributed by atoms with Crippen molar-refractivity contribution in [1.82, 2.24) is 9.13 Å². The molecular formula is C26H24N4O3S. The van der Waals surface area contributed by atoms with Crippen molar-refractivity contribution in [1.29, 1.82) is 0 Å². The monoisotopic (exact) mass is 472 g/mol. The highest BCUT2D eigenvalue weighted by atomic mass is 32.1. The zero-order chi connectivity index (χ0) is 24.2. The molecule has 172 valence electrons. The van der Waals surface area contributed by atoms with E-state index < -0.39 is 5.56 Å². The molecule has 3 aromatic carbocycles. The Bertz CT molecular complexity index is 1470. The van der Waals surface area contributed by atoms with Crippen molar-refractivity contribution in [2.45, 2.75) is 20.8 Å². The van der Waals surface area contributed by atoms with E-state index in [1.54, 1.807) is 36.4 Å². The maximum atomic E-state index is 13.5. The minimum absolute atomic E-state index is 0.126. The minimum Gasteiger partial charge on any atom is -0.494 e. The third-order valence-corrected chi connectivity index (χ3v) is 5.64. The summed E-state index contributed by atoms with van der Waals surface area (Å²) in [5.74, 6) is 0.334. The van der Waals surface area contributed by atoms with Gasteiger partial charge in [0.05, 0.1) is 23.7 Å². The zero-order valence-electron chi connectivity index (χ0n) is 19.1. The molecule has 0 saturated carbocycles. The summed E-state index contributed by atoms with van der Waals surface area (Å²) in [6.45, 7) is 6.32. The number of para-hydroxylation sites is 1. The van der Waals surface area contributed by atoms with Crippen LogP contribution in [0, 0.1) is 18.6 Å². The van der Waals surface area contributed by atoms with Gasteiger partial charge in [0.1, 0.15) is 5.75 Å². The van der Waals surface area contributed by atoms with Gasteiger partial charge >= 0.3 is 0 Å². The van der Waals surface area contributed by atoms with Crippen LogP contribution in [0.15, 0.2) is 87.8 Å². The number of ether oxygens (including phenoxy) is 1. The first-order valence-corrected chi connectivity index (χ1v) is 11.2. The van der Waals surface area contributed by atoms with Crippen molar-refractivity contribution in [2.75, 3.05) is 6.61 Å². The van der Waals surface area contributed by atoms with Crippen LogP contribution in [0.25, 0.3) is 11.4 Å². The molecule has 0 saturated heterocycles. The lowest BCUT2D eigenvalue weighted by molar-refractivity contribution is 0.340. The van der Waals surface area contributed by atoms with Crippen molar-refractivity contribution >= 4 is 23.6 Å². The number of nitrogens with zero attached hydrogens (tertiary/aromatic N) is 4. The van der Waals surface area contributed by atoms with Gasteiger partial charge in [-0.1, -0.05) is 35.9 Å². The number of rotatable bonds is 6. The molecule has 0 atom stereocenters. The summed E-state index contributed by atoms with van der Waals surface area (Å²) in [4.78, 5) is 13.5. The predicted molar refractivity (Wildman–Crippen MR) is 135 cm³/mol. The van der Waals surface area contributed by atoms with Crippen LogP contribution in [0.3, 0.4) is 0 Å². The van der Waals surface area contributed by atoms with E-state index in [0.717, 1.165) is 11.1 Å². The van der Waals surface area contributed by atoms with Gasteiger partial charge in [-0.15, -0.1) is 5.11 Å². The van der Waals surface area contributed by atoms with Crippen LogP contribution in [0.2, 0.25) is 0 Å². The fourth-order valence-corrected chi connectivity index (χ4v) is 3.88. The second-order valence-electron chi connectivity index (χ2n) is 7.68. The van der Waals surface area contributed by atoms with Crippen molar-refractivity contribution < 1.29 is 9.84 Å². The normalized spacial score (nSPS) is 11.1. The lowest BCUT2D eigenvalue weighted by Gasteiger charge is -2.17. The molecule has 0 bridgehead atoms. The molecule has 1 heterocycles. The average molecular weight is 473 g/mol. The molecule has 0 amide bonds. The van der Waals surface area contributed by atoms with E-state index in [1.807, 2.05) is 57.2 Å². The van der Waals surface area contributed by atoms with E-state index in [4.69, 9.17) is 17.0 Å². The summed E-state index contributed by atoms with van der Waals surface area (Å²) in [5.41, 5.74) is 2.86. The Morgan fingerprint density at radius 2 is 1.59 bits per heavy atom. The molecular weight excluding hydrogens is 448 g/mol. The molecule has 7 nitrogen and oxygen atoms in total. The Labute approximate surface area is 202 Å². The van der Waals surface area contributed by atoms with Gasteiger partial charge in [-0.2, -0.15) is 5.11 Å².